The van der Waals surface area contributed by atoms with Crippen molar-refractivity contribution < 1.29 is 5.32 Å². The van der Waals surface area contributed by atoms with Crippen molar-refractivity contribution in [2.45, 2.75) is 0 Å². The first kappa shape index (κ1) is 19.9. The van der Waals surface area contributed by atoms with Gasteiger partial charge in [0.2, 0.25) is 0 Å². The first-order valence-corrected chi connectivity index (χ1v) is 14.7. The summed E-state index contributed by atoms with van der Waals surface area (Å²) in [4.78, 5) is 0. The van der Waals surface area contributed by atoms with Crippen LogP contribution in [-0.2, 0) is 0 Å². The van der Waals surface area contributed by atoms with Crippen LogP contribution < -0.4 is 15.9 Å². The zero-order valence-corrected chi connectivity index (χ0v) is 17.7. The number of halogens is 1. The van der Waals surface area contributed by atoms with E-state index in [2.05, 4.69) is 86.0 Å². The Labute approximate surface area is 153 Å². The maximum absolute atomic E-state index is 6.35. The molecule has 0 aliphatic heterocycles. The Morgan fingerprint density at radius 2 is 1.25 bits per heavy atom. The predicted octanol–water partition coefficient (Wildman–Crippen LogP) is 3.32. The lowest BCUT2D eigenvalue weighted by Gasteiger charge is -2.20. The summed E-state index contributed by atoms with van der Waals surface area (Å²) in [7, 11) is -2.19. The first-order valence-electron chi connectivity index (χ1n) is 8.64. The quantitative estimate of drug-likeness (QED) is 0.389. The molecule has 0 bridgehead atoms. The van der Waals surface area contributed by atoms with E-state index in [-0.39, 0.29) is 0 Å². The van der Waals surface area contributed by atoms with Crippen LogP contribution in [0.25, 0.3) is 0 Å². The van der Waals surface area contributed by atoms with Gasteiger partial charge < -0.3 is 5.32 Å². The minimum atomic E-state index is -1.20. The second-order valence-electron chi connectivity index (χ2n) is 7.18. The lowest BCUT2D eigenvalue weighted by Crippen LogP contribution is -2.86. The van der Waals surface area contributed by atoms with Gasteiger partial charge in [0.05, 0.1) is 37.9 Å². The van der Waals surface area contributed by atoms with Gasteiger partial charge in [-0.2, -0.15) is 0 Å². The van der Waals surface area contributed by atoms with Crippen LogP contribution in [0.15, 0.2) is 60.7 Å². The van der Waals surface area contributed by atoms with Crippen LogP contribution in [0.2, 0.25) is 0 Å². The van der Waals surface area contributed by atoms with Crippen LogP contribution in [0.1, 0.15) is 0 Å². The Morgan fingerprint density at radius 3 is 1.79 bits per heavy atom. The summed E-state index contributed by atoms with van der Waals surface area (Å²) in [6.45, 7) is 9.70. The number of hydrogen-bond acceptors (Lipinski definition) is 0. The molecule has 0 aliphatic rings. The van der Waals surface area contributed by atoms with E-state index in [1.165, 1.54) is 30.7 Å². The molecule has 4 heteroatoms. The molecule has 0 amide bonds. The summed E-state index contributed by atoms with van der Waals surface area (Å²) in [5.41, 5.74) is 0.785. The molecule has 0 radical (unpaired) electrons. The van der Waals surface area contributed by atoms with Gasteiger partial charge in [-0.1, -0.05) is 48.0 Å². The molecule has 1 nitrogen and oxygen atoms in total. The molecule has 24 heavy (non-hydrogen) atoms. The highest BCUT2D eigenvalue weighted by molar-refractivity contribution is 7.83. The Bertz CT molecular complexity index is 604. The van der Waals surface area contributed by atoms with Crippen molar-refractivity contribution >= 4 is 36.7 Å². The van der Waals surface area contributed by atoms with E-state index < -0.39 is 14.5 Å². The summed E-state index contributed by atoms with van der Waals surface area (Å²) < 4.78 is 0. The van der Waals surface area contributed by atoms with E-state index in [1.54, 1.807) is 5.30 Å². The fourth-order valence-corrected chi connectivity index (χ4v) is 7.94. The fourth-order valence-electron chi connectivity index (χ4n) is 2.94. The fraction of sp³-hybridized carbons (Fsp3) is 0.400. The lowest BCUT2D eigenvalue weighted by atomic mass is 10.4. The Morgan fingerprint density at radius 1 is 0.750 bits per heavy atom. The second-order valence-corrected chi connectivity index (χ2v) is 16.2. The molecule has 1 atom stereocenters. The molecule has 0 saturated heterocycles. The summed E-state index contributed by atoms with van der Waals surface area (Å²) in [6.07, 6.45) is 2.53. The molecule has 0 saturated carbocycles. The van der Waals surface area contributed by atoms with Crippen LogP contribution >= 0.6 is 26.1 Å². The van der Waals surface area contributed by atoms with Crippen LogP contribution in [0.3, 0.4) is 0 Å². The van der Waals surface area contributed by atoms with Crippen LogP contribution in [0.4, 0.5) is 0 Å². The van der Waals surface area contributed by atoms with Gasteiger partial charge in [0.25, 0.3) is 0 Å². The second kappa shape index (κ2) is 9.30. The molecular weight excluding hydrogens is 352 g/mol. The summed E-state index contributed by atoms with van der Waals surface area (Å²) in [6, 6.07) is 21.9. The summed E-state index contributed by atoms with van der Waals surface area (Å²) in [5, 5.41) is 5.50. The molecule has 130 valence electrons. The van der Waals surface area contributed by atoms with E-state index >= 15 is 0 Å². The van der Waals surface area contributed by atoms with Crippen LogP contribution in [0, 0.1) is 0 Å². The number of alkyl halides is 1. The number of nitrogens with two attached hydrogens (primary N) is 1. The largest absolute Gasteiger partial charge is 0.340 e. The zero-order chi connectivity index (χ0) is 17.5. The summed E-state index contributed by atoms with van der Waals surface area (Å²) in [5.74, 6) is 0. The monoisotopic (exact) mass is 382 g/mol. The van der Waals surface area contributed by atoms with Crippen molar-refractivity contribution in [3.8, 4) is 0 Å². The van der Waals surface area contributed by atoms with Crippen molar-refractivity contribution in [3.63, 3.8) is 0 Å². The first-order chi connectivity index (χ1) is 11.5. The number of rotatable bonds is 9. The van der Waals surface area contributed by atoms with Crippen LogP contribution in [-0.4, -0.2) is 51.0 Å². The Hall–Kier alpha value is -0.450. The average molecular weight is 383 g/mol. The maximum atomic E-state index is 6.35. The Balaban J connectivity index is 1.80. The molecule has 2 rings (SSSR count). The standard InChI is InChI=1S/C20H30ClNP2/c1-23(2,19-10-6-4-7-11-19)16-14-22-15-17-24(3,18-21)20-12-8-5-9-13-20/h4-13,22H,14-18H2,1-3H3/q+2/p+1. The van der Waals surface area contributed by atoms with Crippen molar-refractivity contribution in [1.82, 2.24) is 0 Å². The van der Waals surface area contributed by atoms with E-state index in [9.17, 15) is 0 Å². The third kappa shape index (κ3) is 5.53. The molecule has 0 fully saturated rings. The van der Waals surface area contributed by atoms with Gasteiger partial charge in [-0.3, -0.25) is 0 Å². The van der Waals surface area contributed by atoms with Crippen LogP contribution in [0.5, 0.6) is 0 Å². The SMILES string of the molecule is C[P+](C)(CC[NH2+]CC[P+](C)(CCl)c1ccccc1)c1ccccc1. The highest BCUT2D eigenvalue weighted by Crippen LogP contribution is 2.54. The third-order valence-corrected chi connectivity index (χ3v) is 12.8. The molecule has 2 aromatic rings. The average Bonchev–Trinajstić information content (AvgIpc) is 2.62. The normalized spacial score (nSPS) is 14.3. The molecule has 2 aromatic carbocycles. The predicted molar refractivity (Wildman–Crippen MR) is 116 cm³/mol. The smallest absolute Gasteiger partial charge is 0.137 e. The molecule has 0 heterocycles. The lowest BCUT2D eigenvalue weighted by molar-refractivity contribution is -0.646. The van der Waals surface area contributed by atoms with E-state index in [0.29, 0.717) is 0 Å². The minimum Gasteiger partial charge on any atom is -0.340 e. The van der Waals surface area contributed by atoms with E-state index in [0.717, 1.165) is 5.62 Å². The highest BCUT2D eigenvalue weighted by atomic mass is 35.5. The topological polar surface area (TPSA) is 16.6 Å². The summed E-state index contributed by atoms with van der Waals surface area (Å²) >= 11 is 6.35. The molecular formula is C20H31ClNP2+3. The van der Waals surface area contributed by atoms with Crippen molar-refractivity contribution in [3.05, 3.63) is 60.7 Å². The van der Waals surface area contributed by atoms with Gasteiger partial charge in [0, 0.05) is 7.26 Å². The molecule has 0 aliphatic carbocycles. The molecule has 1 unspecified atom stereocenters. The third-order valence-electron chi connectivity index (χ3n) is 4.82. The van der Waals surface area contributed by atoms with Crippen molar-refractivity contribution in [2.24, 2.45) is 0 Å². The van der Waals surface area contributed by atoms with E-state index in [4.69, 9.17) is 11.6 Å². The van der Waals surface area contributed by atoms with Gasteiger partial charge >= 0.3 is 0 Å². The zero-order valence-electron chi connectivity index (χ0n) is 15.2. The highest BCUT2D eigenvalue weighted by Gasteiger charge is 2.34. The van der Waals surface area contributed by atoms with Gasteiger partial charge in [0.1, 0.15) is 31.0 Å². The van der Waals surface area contributed by atoms with Gasteiger partial charge in [-0.05, 0) is 24.3 Å². The van der Waals surface area contributed by atoms with Gasteiger partial charge in [-0.25, -0.2) is 0 Å². The maximum Gasteiger partial charge on any atom is 0.137 e. The minimum absolute atomic E-state index is 0.785. The number of quaternary nitrogens is 1. The van der Waals surface area contributed by atoms with E-state index in [1.807, 2.05) is 0 Å². The molecule has 2 N–H and O–H groups in total. The molecule has 0 spiro atoms. The van der Waals surface area contributed by atoms with Crippen molar-refractivity contribution in [2.75, 3.05) is 51.0 Å². The van der Waals surface area contributed by atoms with Gasteiger partial charge in [-0.15, -0.1) is 0 Å². The van der Waals surface area contributed by atoms with Gasteiger partial charge in [0.15, 0.2) is 0 Å². The molecule has 0 aromatic heterocycles. The number of benzene rings is 2. The Kier molecular flexibility index (Phi) is 7.70. The van der Waals surface area contributed by atoms with Crippen molar-refractivity contribution in [1.29, 1.82) is 0 Å². The number of hydrogen-bond donors (Lipinski definition) is 1.